The zero-order valence-electron chi connectivity index (χ0n) is 13.7. The highest BCUT2D eigenvalue weighted by Crippen LogP contribution is 2.28. The van der Waals surface area contributed by atoms with Gasteiger partial charge in [0.1, 0.15) is 0 Å². The van der Waals surface area contributed by atoms with Crippen LogP contribution in [0, 0.1) is 5.92 Å². The van der Waals surface area contributed by atoms with Crippen LogP contribution in [0.3, 0.4) is 0 Å². The monoisotopic (exact) mass is 275 g/mol. The molecule has 0 saturated heterocycles. The highest BCUT2D eigenvalue weighted by Gasteiger charge is 2.16. The molecule has 1 rings (SSSR count). The van der Waals surface area contributed by atoms with Crippen molar-refractivity contribution in [1.29, 1.82) is 0 Å². The van der Waals surface area contributed by atoms with E-state index in [2.05, 4.69) is 56.4 Å². The molecular weight excluding hydrogens is 242 g/mol. The van der Waals surface area contributed by atoms with Gasteiger partial charge < -0.3 is 5.32 Å². The molecule has 0 radical (unpaired) electrons. The minimum atomic E-state index is 0.671. The van der Waals surface area contributed by atoms with E-state index in [1.165, 1.54) is 44.1 Å². The van der Waals surface area contributed by atoms with Gasteiger partial charge in [-0.2, -0.15) is 0 Å². The first kappa shape index (κ1) is 17.2. The van der Waals surface area contributed by atoms with Crippen molar-refractivity contribution in [2.45, 2.75) is 65.2 Å². The lowest BCUT2D eigenvalue weighted by atomic mass is 9.85. The summed E-state index contributed by atoms with van der Waals surface area (Å²) in [6, 6.07) is 11.1. The quantitative estimate of drug-likeness (QED) is 0.535. The Kier molecular flexibility index (Phi) is 9.40. The van der Waals surface area contributed by atoms with Crippen LogP contribution in [0.4, 0.5) is 0 Å². The van der Waals surface area contributed by atoms with Gasteiger partial charge in [0.25, 0.3) is 0 Å². The smallest absolute Gasteiger partial charge is 0.00202 e. The van der Waals surface area contributed by atoms with Gasteiger partial charge >= 0.3 is 0 Å². The fourth-order valence-corrected chi connectivity index (χ4v) is 2.90. The minimum Gasteiger partial charge on any atom is -0.316 e. The van der Waals surface area contributed by atoms with E-state index >= 15 is 0 Å². The molecule has 1 aromatic rings. The van der Waals surface area contributed by atoms with Crippen molar-refractivity contribution < 1.29 is 0 Å². The van der Waals surface area contributed by atoms with E-state index in [0.29, 0.717) is 5.92 Å². The van der Waals surface area contributed by atoms with Crippen LogP contribution in [0.15, 0.2) is 30.3 Å². The zero-order valence-corrected chi connectivity index (χ0v) is 13.7. The summed E-state index contributed by atoms with van der Waals surface area (Å²) in [7, 11) is 0. The number of nitrogens with one attached hydrogen (secondary N) is 1. The molecule has 114 valence electrons. The third-order valence-electron chi connectivity index (χ3n) is 4.25. The van der Waals surface area contributed by atoms with Gasteiger partial charge in [-0.05, 0) is 36.8 Å². The lowest BCUT2D eigenvalue weighted by molar-refractivity contribution is 0.376. The molecule has 2 unspecified atom stereocenters. The number of benzene rings is 1. The lowest BCUT2D eigenvalue weighted by Crippen LogP contribution is -2.24. The maximum atomic E-state index is 3.62. The number of hydrogen-bond acceptors (Lipinski definition) is 1. The zero-order chi connectivity index (χ0) is 14.6. The molecule has 1 aromatic carbocycles. The van der Waals surface area contributed by atoms with E-state index in [1.807, 2.05) is 0 Å². The minimum absolute atomic E-state index is 0.671. The van der Waals surface area contributed by atoms with Gasteiger partial charge in [-0.3, -0.25) is 0 Å². The van der Waals surface area contributed by atoms with E-state index in [9.17, 15) is 0 Å². The molecule has 0 bridgehead atoms. The second kappa shape index (κ2) is 10.9. The summed E-state index contributed by atoms with van der Waals surface area (Å²) in [5.74, 6) is 1.55. The average Bonchev–Trinajstić information content (AvgIpc) is 2.50. The lowest BCUT2D eigenvalue weighted by Gasteiger charge is -2.23. The first-order valence-electron chi connectivity index (χ1n) is 8.57. The summed E-state index contributed by atoms with van der Waals surface area (Å²) in [4.78, 5) is 0. The van der Waals surface area contributed by atoms with Crippen LogP contribution in [-0.4, -0.2) is 13.1 Å². The SMILES string of the molecule is CCCCC(CC)CC(CNCCC)c1ccccc1. The number of unbranched alkanes of at least 4 members (excludes halogenated alkanes) is 1. The molecular formula is C19H33N. The van der Waals surface area contributed by atoms with Crippen LogP contribution >= 0.6 is 0 Å². The first-order chi connectivity index (χ1) is 9.81. The van der Waals surface area contributed by atoms with Crippen molar-refractivity contribution in [2.75, 3.05) is 13.1 Å². The third-order valence-corrected chi connectivity index (χ3v) is 4.25. The maximum absolute atomic E-state index is 3.62. The van der Waals surface area contributed by atoms with Crippen molar-refractivity contribution in [2.24, 2.45) is 5.92 Å². The Morgan fingerprint density at radius 2 is 1.75 bits per heavy atom. The van der Waals surface area contributed by atoms with Crippen LogP contribution < -0.4 is 5.32 Å². The molecule has 0 aliphatic carbocycles. The Balaban J connectivity index is 2.61. The van der Waals surface area contributed by atoms with Crippen LogP contribution in [0.1, 0.15) is 70.8 Å². The van der Waals surface area contributed by atoms with Gasteiger partial charge in [0, 0.05) is 6.54 Å². The van der Waals surface area contributed by atoms with Gasteiger partial charge in [0.2, 0.25) is 0 Å². The van der Waals surface area contributed by atoms with Gasteiger partial charge in [-0.25, -0.2) is 0 Å². The number of hydrogen-bond donors (Lipinski definition) is 1. The highest BCUT2D eigenvalue weighted by atomic mass is 14.8. The average molecular weight is 275 g/mol. The van der Waals surface area contributed by atoms with Crippen LogP contribution in [0.2, 0.25) is 0 Å². The van der Waals surface area contributed by atoms with Gasteiger partial charge in [0.05, 0.1) is 0 Å². The number of rotatable bonds is 11. The molecule has 20 heavy (non-hydrogen) atoms. The predicted molar refractivity (Wildman–Crippen MR) is 90.3 cm³/mol. The molecule has 1 heteroatoms. The van der Waals surface area contributed by atoms with Crippen LogP contribution in [0.5, 0.6) is 0 Å². The highest BCUT2D eigenvalue weighted by molar-refractivity contribution is 5.20. The van der Waals surface area contributed by atoms with Crippen LogP contribution in [-0.2, 0) is 0 Å². The van der Waals surface area contributed by atoms with Crippen molar-refractivity contribution in [3.63, 3.8) is 0 Å². The molecule has 0 fully saturated rings. The van der Waals surface area contributed by atoms with E-state index in [1.54, 1.807) is 0 Å². The van der Waals surface area contributed by atoms with Crippen molar-refractivity contribution in [1.82, 2.24) is 5.32 Å². The summed E-state index contributed by atoms with van der Waals surface area (Å²) in [5.41, 5.74) is 1.51. The maximum Gasteiger partial charge on any atom is 0.00202 e. The second-order valence-electron chi connectivity index (χ2n) is 5.96. The molecule has 0 amide bonds. The topological polar surface area (TPSA) is 12.0 Å². The molecule has 0 saturated carbocycles. The van der Waals surface area contributed by atoms with Gasteiger partial charge in [-0.1, -0.05) is 76.8 Å². The Bertz CT molecular complexity index is 320. The van der Waals surface area contributed by atoms with Crippen molar-refractivity contribution >= 4 is 0 Å². The van der Waals surface area contributed by atoms with E-state index < -0.39 is 0 Å². The predicted octanol–water partition coefficient (Wildman–Crippen LogP) is 5.38. The standard InChI is InChI=1S/C19H33N/c1-4-7-11-17(6-3)15-19(16-20-14-5-2)18-12-9-8-10-13-18/h8-10,12-13,17,19-20H,4-7,11,14-16H2,1-3H3. The van der Waals surface area contributed by atoms with Gasteiger partial charge in [-0.15, -0.1) is 0 Å². The summed E-state index contributed by atoms with van der Waals surface area (Å²) >= 11 is 0. The summed E-state index contributed by atoms with van der Waals surface area (Å²) in [5, 5.41) is 3.62. The molecule has 0 aliphatic rings. The Labute approximate surface area is 126 Å². The first-order valence-corrected chi connectivity index (χ1v) is 8.57. The fourth-order valence-electron chi connectivity index (χ4n) is 2.90. The summed E-state index contributed by atoms with van der Waals surface area (Å²) in [6.07, 6.45) is 7.95. The molecule has 1 N–H and O–H groups in total. The second-order valence-corrected chi connectivity index (χ2v) is 5.96. The van der Waals surface area contributed by atoms with E-state index in [0.717, 1.165) is 19.0 Å². The normalized spacial score (nSPS) is 14.2. The van der Waals surface area contributed by atoms with Gasteiger partial charge in [0.15, 0.2) is 0 Å². The molecule has 0 heterocycles. The molecule has 0 aliphatic heterocycles. The molecule has 0 spiro atoms. The Morgan fingerprint density at radius 3 is 2.35 bits per heavy atom. The largest absolute Gasteiger partial charge is 0.316 e. The molecule has 0 aromatic heterocycles. The Morgan fingerprint density at radius 1 is 1.00 bits per heavy atom. The summed E-state index contributed by atoms with van der Waals surface area (Å²) in [6.45, 7) is 9.14. The Hall–Kier alpha value is -0.820. The van der Waals surface area contributed by atoms with Crippen molar-refractivity contribution in [3.05, 3.63) is 35.9 Å². The van der Waals surface area contributed by atoms with E-state index in [4.69, 9.17) is 0 Å². The van der Waals surface area contributed by atoms with Crippen molar-refractivity contribution in [3.8, 4) is 0 Å². The fraction of sp³-hybridized carbons (Fsp3) is 0.684. The van der Waals surface area contributed by atoms with Crippen LogP contribution in [0.25, 0.3) is 0 Å². The summed E-state index contributed by atoms with van der Waals surface area (Å²) < 4.78 is 0. The molecule has 2 atom stereocenters. The third kappa shape index (κ3) is 6.56. The molecule has 1 nitrogen and oxygen atoms in total. The van der Waals surface area contributed by atoms with E-state index in [-0.39, 0.29) is 0 Å².